The molecule has 36 heavy (non-hydrogen) atoms. The molecule has 0 radical (unpaired) electrons. The monoisotopic (exact) mass is 510 g/mol. The summed E-state index contributed by atoms with van der Waals surface area (Å²) in [6, 6.07) is -4.64. The fourth-order valence-electron chi connectivity index (χ4n) is 3.43. The van der Waals surface area contributed by atoms with Gasteiger partial charge in [0.25, 0.3) is 0 Å². The molecule has 4 amide bonds. The topological polar surface area (TPSA) is 248 Å². The fraction of sp³-hybridized carbons (Fsp3) is 0.636. The zero-order valence-corrected chi connectivity index (χ0v) is 20.7. The van der Waals surface area contributed by atoms with E-state index < -0.39 is 60.2 Å². The molecular weight excluding hydrogens is 472 g/mol. The number of unbranched alkanes of at least 4 members (excludes halogenated alkanes) is 1. The highest BCUT2D eigenvalue weighted by molar-refractivity contribution is 5.95. The summed E-state index contributed by atoms with van der Waals surface area (Å²) >= 11 is 0. The molecular formula is C22H38N8O6. The zero-order chi connectivity index (χ0) is 27.3. The number of primary amides is 1. The highest BCUT2D eigenvalue weighted by atomic mass is 16.4. The number of amides is 4. The lowest BCUT2D eigenvalue weighted by Crippen LogP contribution is -2.58. The third-order valence-electron chi connectivity index (χ3n) is 5.27. The number of imidazole rings is 1. The molecule has 0 bridgehead atoms. The average Bonchev–Trinajstić information content (AvgIpc) is 3.29. The number of H-pyrrole nitrogens is 1. The molecule has 0 fully saturated rings. The summed E-state index contributed by atoms with van der Waals surface area (Å²) in [6.45, 7) is 4.18. The number of hydrogen-bond donors (Lipinski definition) is 8. The molecule has 0 saturated carbocycles. The first kappa shape index (κ1) is 30.5. The maximum atomic E-state index is 13.2. The van der Waals surface area contributed by atoms with Gasteiger partial charge in [-0.05, 0) is 38.1 Å². The van der Waals surface area contributed by atoms with Gasteiger partial charge in [-0.3, -0.25) is 19.2 Å². The molecule has 1 aromatic rings. The number of aromatic nitrogens is 2. The van der Waals surface area contributed by atoms with Crippen LogP contribution in [0, 0.1) is 5.92 Å². The standard InChI is InChI=1S/C22H38N8O6/c1-12(2)7-14(24)19(32)29-16(8-13-10-26-11-27-13)21(34)28-15(5-3-4-6-23)20(33)30-17(22(35)36)9-18(25)31/h10-12,14-17H,3-9,23-24H2,1-2H3,(H2,25,31)(H,26,27)(H,28,34)(H,29,32)(H,30,33)(H,35,36). The van der Waals surface area contributed by atoms with Crippen molar-refractivity contribution in [3.8, 4) is 0 Å². The van der Waals surface area contributed by atoms with Gasteiger partial charge in [0.1, 0.15) is 18.1 Å². The molecule has 1 heterocycles. The maximum Gasteiger partial charge on any atom is 0.326 e. The molecule has 4 atom stereocenters. The van der Waals surface area contributed by atoms with Crippen molar-refractivity contribution in [1.82, 2.24) is 25.9 Å². The number of carbonyl (C=O) groups is 5. The maximum absolute atomic E-state index is 13.2. The second-order valence-corrected chi connectivity index (χ2v) is 8.99. The lowest BCUT2D eigenvalue weighted by Gasteiger charge is -2.25. The second-order valence-electron chi connectivity index (χ2n) is 8.99. The van der Waals surface area contributed by atoms with Gasteiger partial charge in [0.15, 0.2) is 0 Å². The van der Waals surface area contributed by atoms with Gasteiger partial charge in [-0.15, -0.1) is 0 Å². The highest BCUT2D eigenvalue weighted by Gasteiger charge is 2.31. The van der Waals surface area contributed by atoms with Crippen LogP contribution in [-0.2, 0) is 30.4 Å². The van der Waals surface area contributed by atoms with Gasteiger partial charge in [-0.25, -0.2) is 9.78 Å². The number of rotatable bonds is 17. The Morgan fingerprint density at radius 3 is 2.14 bits per heavy atom. The Balaban J connectivity index is 3.05. The minimum Gasteiger partial charge on any atom is -0.480 e. The molecule has 0 saturated heterocycles. The largest absolute Gasteiger partial charge is 0.480 e. The lowest BCUT2D eigenvalue weighted by molar-refractivity contribution is -0.143. The summed E-state index contributed by atoms with van der Waals surface area (Å²) in [5.74, 6) is -4.21. The van der Waals surface area contributed by atoms with Crippen LogP contribution in [0.1, 0.15) is 51.6 Å². The van der Waals surface area contributed by atoms with Crippen molar-refractivity contribution < 1.29 is 29.1 Å². The van der Waals surface area contributed by atoms with Crippen LogP contribution in [0.2, 0.25) is 0 Å². The van der Waals surface area contributed by atoms with Crippen molar-refractivity contribution in [2.75, 3.05) is 6.54 Å². The van der Waals surface area contributed by atoms with Gasteiger partial charge < -0.3 is 43.2 Å². The van der Waals surface area contributed by atoms with Crippen molar-refractivity contribution in [1.29, 1.82) is 0 Å². The molecule has 0 aromatic carbocycles. The molecule has 0 aliphatic heterocycles. The van der Waals surface area contributed by atoms with Crippen molar-refractivity contribution in [3.63, 3.8) is 0 Å². The van der Waals surface area contributed by atoms with Crippen LogP contribution in [0.15, 0.2) is 12.5 Å². The van der Waals surface area contributed by atoms with E-state index in [1.807, 2.05) is 13.8 Å². The number of aromatic amines is 1. The summed E-state index contributed by atoms with van der Waals surface area (Å²) in [4.78, 5) is 68.1. The van der Waals surface area contributed by atoms with Crippen LogP contribution >= 0.6 is 0 Å². The molecule has 0 aliphatic rings. The van der Waals surface area contributed by atoms with Gasteiger partial charge in [0.2, 0.25) is 23.6 Å². The van der Waals surface area contributed by atoms with Crippen LogP contribution < -0.4 is 33.2 Å². The first-order valence-corrected chi connectivity index (χ1v) is 11.8. The van der Waals surface area contributed by atoms with Gasteiger partial charge >= 0.3 is 5.97 Å². The minimum absolute atomic E-state index is 0.0442. The van der Waals surface area contributed by atoms with E-state index in [4.69, 9.17) is 17.2 Å². The fourth-order valence-corrected chi connectivity index (χ4v) is 3.43. The molecule has 1 aromatic heterocycles. The van der Waals surface area contributed by atoms with E-state index in [2.05, 4.69) is 25.9 Å². The van der Waals surface area contributed by atoms with E-state index in [-0.39, 0.29) is 18.8 Å². The SMILES string of the molecule is CC(C)CC(N)C(=O)NC(Cc1cnc[nH]1)C(=O)NC(CCCCN)C(=O)NC(CC(N)=O)C(=O)O. The molecule has 1 rings (SSSR count). The Hall–Kier alpha value is -3.52. The number of aliphatic carboxylic acids is 1. The highest BCUT2D eigenvalue weighted by Crippen LogP contribution is 2.07. The molecule has 202 valence electrons. The number of carboxylic acids is 1. The van der Waals surface area contributed by atoms with Crippen molar-refractivity contribution >= 4 is 29.6 Å². The smallest absolute Gasteiger partial charge is 0.326 e. The number of nitrogens with zero attached hydrogens (tertiary/aromatic N) is 1. The van der Waals surface area contributed by atoms with Crippen molar-refractivity contribution in [3.05, 3.63) is 18.2 Å². The number of nitrogens with one attached hydrogen (secondary N) is 4. The quantitative estimate of drug-likeness (QED) is 0.106. The van der Waals surface area contributed by atoms with Gasteiger partial charge in [-0.2, -0.15) is 0 Å². The molecule has 11 N–H and O–H groups in total. The third-order valence-corrected chi connectivity index (χ3v) is 5.27. The third kappa shape index (κ3) is 11.3. The van der Waals surface area contributed by atoms with Crippen molar-refractivity contribution in [2.45, 2.75) is 76.5 Å². The predicted molar refractivity (Wildman–Crippen MR) is 130 cm³/mol. The number of carboxylic acid groups (broad SMARTS) is 1. The predicted octanol–water partition coefficient (Wildman–Crippen LogP) is -2.13. The van der Waals surface area contributed by atoms with E-state index in [1.54, 1.807) is 0 Å². The Labute approximate surface area is 209 Å². The molecule has 14 nitrogen and oxygen atoms in total. The van der Waals surface area contributed by atoms with Crippen LogP contribution in [-0.4, -0.2) is 75.4 Å². The van der Waals surface area contributed by atoms with E-state index >= 15 is 0 Å². The molecule has 4 unspecified atom stereocenters. The van der Waals surface area contributed by atoms with Crippen LogP contribution in [0.4, 0.5) is 0 Å². The summed E-state index contributed by atoms with van der Waals surface area (Å²) < 4.78 is 0. The summed E-state index contributed by atoms with van der Waals surface area (Å²) in [5.41, 5.74) is 17.1. The Bertz CT molecular complexity index is 876. The molecule has 14 heteroatoms. The second kappa shape index (κ2) is 15.5. The average molecular weight is 511 g/mol. The number of carbonyl (C=O) groups excluding carboxylic acids is 4. The van der Waals surface area contributed by atoms with E-state index in [1.165, 1.54) is 12.5 Å². The van der Waals surface area contributed by atoms with Gasteiger partial charge in [0.05, 0.1) is 18.8 Å². The summed E-state index contributed by atoms with van der Waals surface area (Å²) in [7, 11) is 0. The van der Waals surface area contributed by atoms with Crippen LogP contribution in [0.3, 0.4) is 0 Å². The van der Waals surface area contributed by atoms with Crippen LogP contribution in [0.5, 0.6) is 0 Å². The number of hydrogen-bond acceptors (Lipinski definition) is 8. The normalized spacial score (nSPS) is 14.4. The van der Waals surface area contributed by atoms with Gasteiger partial charge in [-0.1, -0.05) is 13.8 Å². The Kier molecular flexibility index (Phi) is 13.1. The van der Waals surface area contributed by atoms with Gasteiger partial charge in [0, 0.05) is 18.3 Å². The van der Waals surface area contributed by atoms with Crippen LogP contribution in [0.25, 0.3) is 0 Å². The van der Waals surface area contributed by atoms with Crippen molar-refractivity contribution in [2.24, 2.45) is 23.1 Å². The molecule has 0 spiro atoms. The number of nitrogens with two attached hydrogens (primary N) is 3. The Morgan fingerprint density at radius 2 is 1.61 bits per heavy atom. The minimum atomic E-state index is -1.56. The summed E-state index contributed by atoms with van der Waals surface area (Å²) in [5, 5.41) is 16.7. The van der Waals surface area contributed by atoms with E-state index in [0.29, 0.717) is 31.5 Å². The first-order chi connectivity index (χ1) is 16.9. The van der Waals surface area contributed by atoms with E-state index in [9.17, 15) is 29.1 Å². The van der Waals surface area contributed by atoms with E-state index in [0.717, 1.165) is 0 Å². The Morgan fingerprint density at radius 1 is 1.00 bits per heavy atom. The first-order valence-electron chi connectivity index (χ1n) is 11.8. The summed E-state index contributed by atoms with van der Waals surface area (Å²) in [6.07, 6.45) is 3.91. The molecule has 0 aliphatic carbocycles. The lowest BCUT2D eigenvalue weighted by atomic mass is 10.0. The zero-order valence-electron chi connectivity index (χ0n) is 20.7.